The maximum absolute atomic E-state index is 14.9. The van der Waals surface area contributed by atoms with E-state index in [-0.39, 0.29) is 5.75 Å². The zero-order valence-electron chi connectivity index (χ0n) is 16.0. The fourth-order valence-electron chi connectivity index (χ4n) is 3.67. The Hall–Kier alpha value is -2.14. The topological polar surface area (TPSA) is 115 Å². The second kappa shape index (κ2) is 8.18. The van der Waals surface area contributed by atoms with Gasteiger partial charge in [0.05, 0.1) is 12.1 Å². The SMILES string of the molecule is Cc1cc(F)c2c(Sc3ccc(O)cc3)cn([C@@H]3O[C@H](CO)[C@@H](O)[C@H](O)[C@H]3O)c2c1. The number of fused-ring (bicyclic) bond motifs is 1. The minimum atomic E-state index is -1.54. The van der Waals surface area contributed by atoms with Crippen LogP contribution in [0, 0.1) is 12.7 Å². The van der Waals surface area contributed by atoms with Crippen LogP contribution in [0.4, 0.5) is 4.39 Å². The van der Waals surface area contributed by atoms with Crippen LogP contribution in [0.15, 0.2) is 52.4 Å². The lowest BCUT2D eigenvalue weighted by molar-refractivity contribution is -0.250. The number of benzene rings is 2. The third-order valence-corrected chi connectivity index (χ3v) is 6.24. The number of halogens is 1. The van der Waals surface area contributed by atoms with E-state index in [1.165, 1.54) is 34.5 Å². The second-order valence-electron chi connectivity index (χ2n) is 7.36. The van der Waals surface area contributed by atoms with Crippen molar-refractivity contribution in [2.75, 3.05) is 6.61 Å². The Bertz CT molecular complexity index is 1050. The summed E-state index contributed by atoms with van der Waals surface area (Å²) in [6.07, 6.45) is -5.12. The molecular formula is C21H22FNO6S. The van der Waals surface area contributed by atoms with Gasteiger partial charge in [0.1, 0.15) is 36.0 Å². The van der Waals surface area contributed by atoms with Gasteiger partial charge in [-0.3, -0.25) is 0 Å². The predicted molar refractivity (Wildman–Crippen MR) is 108 cm³/mol. The van der Waals surface area contributed by atoms with Gasteiger partial charge < -0.3 is 34.8 Å². The van der Waals surface area contributed by atoms with E-state index in [0.29, 0.717) is 21.4 Å². The minimum Gasteiger partial charge on any atom is -0.508 e. The van der Waals surface area contributed by atoms with Crippen LogP contribution < -0.4 is 0 Å². The molecular weight excluding hydrogens is 413 g/mol. The van der Waals surface area contributed by atoms with E-state index in [1.54, 1.807) is 31.3 Å². The van der Waals surface area contributed by atoms with Crippen molar-refractivity contribution >= 4 is 22.7 Å². The third kappa shape index (κ3) is 3.68. The number of nitrogens with zero attached hydrogens (tertiary/aromatic N) is 1. The maximum atomic E-state index is 14.9. The summed E-state index contributed by atoms with van der Waals surface area (Å²) in [5.74, 6) is -0.334. The molecule has 160 valence electrons. The van der Waals surface area contributed by atoms with Crippen LogP contribution in [-0.2, 0) is 4.74 Å². The third-order valence-electron chi connectivity index (χ3n) is 5.20. The summed E-state index contributed by atoms with van der Waals surface area (Å²) >= 11 is 1.27. The van der Waals surface area contributed by atoms with Gasteiger partial charge in [-0.25, -0.2) is 4.39 Å². The normalized spacial score (nSPS) is 26.9. The Labute approximate surface area is 176 Å². The number of phenols is 1. The minimum absolute atomic E-state index is 0.116. The standard InChI is InChI=1S/C21H22FNO6S/c1-10-6-13(22)17-14(7-10)23(8-16(17)30-12-4-2-11(25)3-5-12)21-20(28)19(27)18(26)15(9-24)29-21/h2-8,15,18-21,24-28H,9H2,1H3/t15-,18-,19+,20-,21-/m1/s1. The van der Waals surface area contributed by atoms with Crippen molar-refractivity contribution in [3.63, 3.8) is 0 Å². The first-order valence-electron chi connectivity index (χ1n) is 9.38. The van der Waals surface area contributed by atoms with E-state index in [9.17, 15) is 29.9 Å². The summed E-state index contributed by atoms with van der Waals surface area (Å²) in [5.41, 5.74) is 1.10. The quantitative estimate of drug-likeness (QED) is 0.425. The molecule has 1 saturated heterocycles. The van der Waals surface area contributed by atoms with E-state index < -0.39 is 43.1 Å². The highest BCUT2D eigenvalue weighted by Gasteiger charge is 2.44. The van der Waals surface area contributed by atoms with Crippen LogP contribution in [0.5, 0.6) is 5.75 Å². The number of aryl methyl sites for hydroxylation is 1. The van der Waals surface area contributed by atoms with E-state index in [1.807, 2.05) is 0 Å². The van der Waals surface area contributed by atoms with Crippen molar-refractivity contribution in [2.24, 2.45) is 0 Å². The van der Waals surface area contributed by atoms with E-state index in [2.05, 4.69) is 0 Å². The molecule has 0 aliphatic carbocycles. The van der Waals surface area contributed by atoms with Gasteiger partial charge in [-0.2, -0.15) is 0 Å². The molecule has 1 aliphatic rings. The van der Waals surface area contributed by atoms with Gasteiger partial charge >= 0.3 is 0 Å². The Kier molecular flexibility index (Phi) is 5.75. The highest BCUT2D eigenvalue weighted by atomic mass is 32.2. The average molecular weight is 435 g/mol. The maximum Gasteiger partial charge on any atom is 0.163 e. The van der Waals surface area contributed by atoms with Crippen LogP contribution >= 0.6 is 11.8 Å². The first kappa shape index (κ1) is 21.1. The molecule has 5 atom stereocenters. The molecule has 0 unspecified atom stereocenters. The molecule has 2 aromatic carbocycles. The zero-order chi connectivity index (χ0) is 21.6. The van der Waals surface area contributed by atoms with Gasteiger partial charge in [0.15, 0.2) is 6.23 Å². The van der Waals surface area contributed by atoms with Crippen LogP contribution in [0.3, 0.4) is 0 Å². The number of aromatic hydroxyl groups is 1. The smallest absolute Gasteiger partial charge is 0.163 e. The summed E-state index contributed by atoms with van der Waals surface area (Å²) in [7, 11) is 0. The van der Waals surface area contributed by atoms with Crippen molar-refractivity contribution in [1.29, 1.82) is 0 Å². The molecule has 4 rings (SSSR count). The molecule has 0 amide bonds. The first-order chi connectivity index (χ1) is 14.3. The Morgan fingerprint density at radius 1 is 1.07 bits per heavy atom. The molecule has 30 heavy (non-hydrogen) atoms. The van der Waals surface area contributed by atoms with Gasteiger partial charge in [-0.05, 0) is 48.9 Å². The van der Waals surface area contributed by atoms with Crippen molar-refractivity contribution in [1.82, 2.24) is 4.57 Å². The van der Waals surface area contributed by atoms with Gasteiger partial charge in [-0.15, -0.1) is 0 Å². The van der Waals surface area contributed by atoms with Crippen molar-refractivity contribution in [3.05, 3.63) is 54.0 Å². The Morgan fingerprint density at radius 3 is 2.43 bits per heavy atom. The van der Waals surface area contributed by atoms with Gasteiger partial charge in [0.2, 0.25) is 0 Å². The lowest BCUT2D eigenvalue weighted by Crippen LogP contribution is -2.56. The molecule has 0 bridgehead atoms. The molecule has 1 aliphatic heterocycles. The van der Waals surface area contributed by atoms with Gasteiger partial charge in [0.25, 0.3) is 0 Å². The number of hydrogen-bond acceptors (Lipinski definition) is 7. The van der Waals surface area contributed by atoms with Gasteiger partial charge in [0, 0.05) is 21.4 Å². The molecule has 0 saturated carbocycles. The zero-order valence-corrected chi connectivity index (χ0v) is 16.8. The fraction of sp³-hybridized carbons (Fsp3) is 0.333. The summed E-state index contributed by atoms with van der Waals surface area (Å²) < 4.78 is 22.1. The summed E-state index contributed by atoms with van der Waals surface area (Å²) in [5, 5.41) is 50.0. The van der Waals surface area contributed by atoms with Crippen LogP contribution in [0.1, 0.15) is 11.8 Å². The molecule has 9 heteroatoms. The number of aliphatic hydroxyl groups is 4. The molecule has 1 aromatic heterocycles. The second-order valence-corrected chi connectivity index (χ2v) is 8.47. The predicted octanol–water partition coefficient (Wildman–Crippen LogP) is 1.92. The molecule has 1 fully saturated rings. The lowest BCUT2D eigenvalue weighted by Gasteiger charge is -2.40. The molecule has 0 radical (unpaired) electrons. The van der Waals surface area contributed by atoms with Crippen molar-refractivity contribution in [2.45, 2.75) is 47.4 Å². The highest BCUT2D eigenvalue weighted by Crippen LogP contribution is 2.40. The summed E-state index contributed by atoms with van der Waals surface area (Å²) in [4.78, 5) is 1.31. The lowest BCUT2D eigenvalue weighted by atomic mass is 9.98. The van der Waals surface area contributed by atoms with E-state index in [0.717, 1.165) is 4.90 Å². The van der Waals surface area contributed by atoms with Gasteiger partial charge in [-0.1, -0.05) is 11.8 Å². The van der Waals surface area contributed by atoms with Crippen LogP contribution in [0.2, 0.25) is 0 Å². The molecule has 7 nitrogen and oxygen atoms in total. The molecule has 5 N–H and O–H groups in total. The van der Waals surface area contributed by atoms with E-state index >= 15 is 0 Å². The highest BCUT2D eigenvalue weighted by molar-refractivity contribution is 7.99. The average Bonchev–Trinajstić information content (AvgIpc) is 3.06. The first-order valence-corrected chi connectivity index (χ1v) is 10.2. The molecule has 2 heterocycles. The molecule has 3 aromatic rings. The number of aliphatic hydroxyl groups excluding tert-OH is 4. The fourth-order valence-corrected chi connectivity index (χ4v) is 4.67. The monoisotopic (exact) mass is 435 g/mol. The van der Waals surface area contributed by atoms with Crippen molar-refractivity contribution < 1.29 is 34.7 Å². The summed E-state index contributed by atoms with van der Waals surface area (Å²) in [6.45, 7) is 1.18. The largest absolute Gasteiger partial charge is 0.508 e. The molecule has 0 spiro atoms. The van der Waals surface area contributed by atoms with Crippen molar-refractivity contribution in [3.8, 4) is 5.75 Å². The van der Waals surface area contributed by atoms with E-state index in [4.69, 9.17) is 4.74 Å². The Balaban J connectivity index is 1.83. The van der Waals surface area contributed by atoms with Crippen LogP contribution in [-0.4, -0.2) is 61.1 Å². The number of ether oxygens (including phenoxy) is 1. The summed E-state index contributed by atoms with van der Waals surface area (Å²) in [6, 6.07) is 9.59. The number of rotatable bonds is 4. The number of phenolic OH excluding ortho intramolecular Hbond substituents is 1. The van der Waals surface area contributed by atoms with Crippen LogP contribution in [0.25, 0.3) is 10.9 Å². The number of hydrogen-bond donors (Lipinski definition) is 5. The number of aromatic nitrogens is 1. The Morgan fingerprint density at radius 2 is 1.77 bits per heavy atom.